The Morgan fingerprint density at radius 3 is 2.72 bits per heavy atom. The summed E-state index contributed by atoms with van der Waals surface area (Å²) in [7, 11) is 0. The monoisotopic (exact) mass is 360 g/mol. The summed E-state index contributed by atoms with van der Waals surface area (Å²) in [5.74, 6) is 0. The molecule has 0 spiro atoms. The average molecular weight is 360 g/mol. The third-order valence-corrected chi connectivity index (χ3v) is 5.15. The number of nitrogens with one attached hydrogen (secondary N) is 2. The van der Waals surface area contributed by atoms with Crippen LogP contribution in [-0.4, -0.2) is 28.9 Å². The molecule has 0 aliphatic carbocycles. The molecule has 1 unspecified atom stereocenters. The number of rotatable bonds is 3. The number of hydrogen-bond donors (Lipinski definition) is 2. The van der Waals surface area contributed by atoms with Crippen LogP contribution in [0.4, 0.5) is 5.69 Å². The van der Waals surface area contributed by atoms with Crippen LogP contribution >= 0.6 is 11.3 Å². The number of nitrogens with zero attached hydrogens (tertiary/aromatic N) is 4. The fourth-order valence-electron chi connectivity index (χ4n) is 2.83. The standard InChI is InChI=1S/C17H24N6OS/c1-11-7-22(12-5-6-15(18)23(8-12)21-19)9-13(24-11)16-20-14(10-25-16)17(2,3)4/h5-6,8,10-11,13,18-19H,7,9H2,1-4H3/t11?,13-/m0/s1. The lowest BCUT2D eigenvalue weighted by molar-refractivity contribution is -0.0176. The Morgan fingerprint density at radius 1 is 1.32 bits per heavy atom. The van der Waals surface area contributed by atoms with Gasteiger partial charge in [-0.2, -0.15) is 5.53 Å². The Morgan fingerprint density at radius 2 is 2.08 bits per heavy atom. The first-order chi connectivity index (χ1) is 11.8. The van der Waals surface area contributed by atoms with Gasteiger partial charge in [0.25, 0.3) is 0 Å². The molecule has 25 heavy (non-hydrogen) atoms. The molecule has 1 aliphatic rings. The molecule has 2 N–H and O–H groups in total. The van der Waals surface area contributed by atoms with Crippen LogP contribution in [0.1, 0.15) is 44.5 Å². The fourth-order valence-corrected chi connectivity index (χ4v) is 3.90. The van der Waals surface area contributed by atoms with Gasteiger partial charge in [0.05, 0.1) is 30.2 Å². The second kappa shape index (κ2) is 6.68. The highest BCUT2D eigenvalue weighted by molar-refractivity contribution is 7.09. The third-order valence-electron chi connectivity index (χ3n) is 4.21. The Labute approximate surface area is 151 Å². The first-order valence-electron chi connectivity index (χ1n) is 8.29. The van der Waals surface area contributed by atoms with Gasteiger partial charge in [0, 0.05) is 17.3 Å². The van der Waals surface area contributed by atoms with E-state index in [1.54, 1.807) is 23.6 Å². The van der Waals surface area contributed by atoms with E-state index in [4.69, 9.17) is 20.7 Å². The van der Waals surface area contributed by atoms with E-state index >= 15 is 0 Å². The number of aromatic nitrogens is 2. The summed E-state index contributed by atoms with van der Waals surface area (Å²) in [4.78, 5) is 7.01. The number of anilines is 1. The van der Waals surface area contributed by atoms with Crippen molar-refractivity contribution in [3.05, 3.63) is 39.9 Å². The quantitative estimate of drug-likeness (QED) is 0.821. The first-order valence-corrected chi connectivity index (χ1v) is 9.17. The molecule has 0 amide bonds. The molecule has 3 rings (SSSR count). The van der Waals surface area contributed by atoms with E-state index < -0.39 is 0 Å². The van der Waals surface area contributed by atoms with Gasteiger partial charge in [-0.15, -0.1) is 11.3 Å². The zero-order chi connectivity index (χ0) is 18.2. The SMILES string of the molecule is CC1CN(c2ccc(=N)n(N=N)c2)C[C@@H](c2nc(C(C)(C)C)cs2)O1. The van der Waals surface area contributed by atoms with E-state index in [1.807, 2.05) is 6.07 Å². The molecule has 134 valence electrons. The van der Waals surface area contributed by atoms with E-state index in [-0.39, 0.29) is 23.1 Å². The number of hydrogen-bond acceptors (Lipinski definition) is 7. The molecule has 7 nitrogen and oxygen atoms in total. The van der Waals surface area contributed by atoms with Crippen molar-refractivity contribution in [3.8, 4) is 0 Å². The second-order valence-corrected chi connectivity index (χ2v) is 8.27. The van der Waals surface area contributed by atoms with Crippen LogP contribution < -0.4 is 10.4 Å². The molecule has 8 heteroatoms. The molecule has 2 aromatic rings. The minimum Gasteiger partial charge on any atom is -0.365 e. The maximum Gasteiger partial charge on any atom is 0.147 e. The Hall–Kier alpha value is -2.06. The summed E-state index contributed by atoms with van der Waals surface area (Å²) in [6.07, 6.45) is 1.70. The smallest absolute Gasteiger partial charge is 0.147 e. The van der Waals surface area contributed by atoms with Crippen LogP contribution in [0.3, 0.4) is 0 Å². The van der Waals surface area contributed by atoms with Gasteiger partial charge in [-0.1, -0.05) is 26.0 Å². The maximum absolute atomic E-state index is 7.75. The Balaban J connectivity index is 1.85. The van der Waals surface area contributed by atoms with Gasteiger partial charge < -0.3 is 9.64 Å². The maximum atomic E-state index is 7.75. The van der Waals surface area contributed by atoms with Crippen molar-refractivity contribution >= 4 is 17.0 Å². The molecule has 0 saturated carbocycles. The third kappa shape index (κ3) is 3.80. The predicted molar refractivity (Wildman–Crippen MR) is 97.1 cm³/mol. The summed E-state index contributed by atoms with van der Waals surface area (Å²) >= 11 is 1.65. The summed E-state index contributed by atoms with van der Waals surface area (Å²) in [6.45, 7) is 9.98. The Kier molecular flexibility index (Phi) is 4.75. The molecule has 1 aliphatic heterocycles. The first kappa shape index (κ1) is 17.8. The van der Waals surface area contributed by atoms with E-state index in [0.717, 1.165) is 22.9 Å². The zero-order valence-electron chi connectivity index (χ0n) is 15.0. The lowest BCUT2D eigenvalue weighted by Gasteiger charge is -2.37. The highest BCUT2D eigenvalue weighted by atomic mass is 32.1. The minimum atomic E-state index is -0.0816. The lowest BCUT2D eigenvalue weighted by atomic mass is 9.93. The molecule has 1 fully saturated rings. The largest absolute Gasteiger partial charge is 0.365 e. The van der Waals surface area contributed by atoms with E-state index in [9.17, 15) is 0 Å². The van der Waals surface area contributed by atoms with Crippen molar-refractivity contribution in [1.29, 1.82) is 10.9 Å². The normalized spacial score (nSPS) is 21.4. The minimum absolute atomic E-state index is 0.0276. The van der Waals surface area contributed by atoms with E-state index in [0.29, 0.717) is 6.54 Å². The van der Waals surface area contributed by atoms with Crippen LogP contribution in [0.15, 0.2) is 28.9 Å². The zero-order valence-corrected chi connectivity index (χ0v) is 15.8. The summed E-state index contributed by atoms with van der Waals surface area (Å²) in [5.41, 5.74) is 9.42. The second-order valence-electron chi connectivity index (χ2n) is 7.38. The van der Waals surface area contributed by atoms with Crippen molar-refractivity contribution in [2.45, 2.75) is 45.3 Å². The lowest BCUT2D eigenvalue weighted by Crippen LogP contribution is -2.43. The van der Waals surface area contributed by atoms with Crippen molar-refractivity contribution in [2.24, 2.45) is 5.22 Å². The van der Waals surface area contributed by atoms with Gasteiger partial charge in [-0.05, 0) is 19.1 Å². The summed E-state index contributed by atoms with van der Waals surface area (Å²) in [5, 5.41) is 14.2. The van der Waals surface area contributed by atoms with Crippen LogP contribution in [0.5, 0.6) is 0 Å². The fraction of sp³-hybridized carbons (Fsp3) is 0.529. The van der Waals surface area contributed by atoms with Crippen LogP contribution in [0.25, 0.3) is 0 Å². The predicted octanol–water partition coefficient (Wildman–Crippen LogP) is 3.48. The van der Waals surface area contributed by atoms with Gasteiger partial charge in [0.1, 0.15) is 16.6 Å². The van der Waals surface area contributed by atoms with Crippen LogP contribution in [0, 0.1) is 10.9 Å². The van der Waals surface area contributed by atoms with Crippen molar-refractivity contribution in [2.75, 3.05) is 18.0 Å². The number of morpholine rings is 1. The van der Waals surface area contributed by atoms with Gasteiger partial charge in [0.15, 0.2) is 0 Å². The average Bonchev–Trinajstić information content (AvgIpc) is 3.05. The molecule has 0 bridgehead atoms. The molecule has 0 aromatic carbocycles. The van der Waals surface area contributed by atoms with Crippen molar-refractivity contribution < 1.29 is 4.74 Å². The Bertz CT molecular complexity index is 821. The molecular formula is C17H24N6OS. The molecule has 2 aromatic heterocycles. The van der Waals surface area contributed by atoms with Gasteiger partial charge in [-0.25, -0.2) is 9.66 Å². The molecule has 0 radical (unpaired) electrons. The van der Waals surface area contributed by atoms with Crippen LogP contribution in [-0.2, 0) is 10.2 Å². The van der Waals surface area contributed by atoms with Crippen molar-refractivity contribution in [3.63, 3.8) is 0 Å². The van der Waals surface area contributed by atoms with Crippen LogP contribution in [0.2, 0.25) is 0 Å². The number of thiazole rings is 1. The van der Waals surface area contributed by atoms with Crippen molar-refractivity contribution in [1.82, 2.24) is 9.66 Å². The number of ether oxygens (including phenoxy) is 1. The number of pyridine rings is 1. The van der Waals surface area contributed by atoms with Gasteiger partial charge in [0.2, 0.25) is 0 Å². The molecule has 3 heterocycles. The summed E-state index contributed by atoms with van der Waals surface area (Å²) < 4.78 is 7.39. The summed E-state index contributed by atoms with van der Waals surface area (Å²) in [6, 6.07) is 3.55. The molecular weight excluding hydrogens is 336 g/mol. The molecule has 2 atom stereocenters. The molecule has 1 saturated heterocycles. The highest BCUT2D eigenvalue weighted by Crippen LogP contribution is 2.32. The van der Waals surface area contributed by atoms with E-state index in [2.05, 4.69) is 43.2 Å². The topological polar surface area (TPSA) is 90.4 Å². The van der Waals surface area contributed by atoms with E-state index in [1.165, 1.54) is 4.68 Å². The van der Waals surface area contributed by atoms with Gasteiger partial charge >= 0.3 is 0 Å². The highest BCUT2D eigenvalue weighted by Gasteiger charge is 2.30. The van der Waals surface area contributed by atoms with Gasteiger partial charge in [-0.3, -0.25) is 5.41 Å².